The molecule has 2 aliphatic heterocycles. The van der Waals surface area contributed by atoms with Crippen molar-refractivity contribution in [1.29, 1.82) is 0 Å². The zero-order chi connectivity index (χ0) is 23.6. The second kappa shape index (κ2) is 13.8. The number of hydrogen-bond acceptors (Lipinski definition) is 0. The highest BCUT2D eigenvalue weighted by Crippen LogP contribution is 2.55. The molecule has 0 nitrogen and oxygen atoms in total. The monoisotopic (exact) mass is 510 g/mol. The van der Waals surface area contributed by atoms with Gasteiger partial charge in [0.2, 0.25) is 0 Å². The Hall–Kier alpha value is 0.868. The van der Waals surface area contributed by atoms with Crippen molar-refractivity contribution in [3.8, 4) is 0 Å². The maximum absolute atomic E-state index is 2.97. The summed E-state index contributed by atoms with van der Waals surface area (Å²) in [6, 6.07) is 10.7. The Bertz CT molecular complexity index is 456. The van der Waals surface area contributed by atoms with E-state index in [-0.39, 0.29) is 0 Å². The third-order valence-electron chi connectivity index (χ3n) is 10.7. The van der Waals surface area contributed by atoms with Gasteiger partial charge >= 0.3 is 0 Å². The van der Waals surface area contributed by atoms with E-state index in [1.54, 1.807) is 63.5 Å². The van der Waals surface area contributed by atoms with Crippen molar-refractivity contribution in [3.05, 3.63) is 0 Å². The van der Waals surface area contributed by atoms with E-state index in [0.717, 1.165) is 0 Å². The van der Waals surface area contributed by atoms with Gasteiger partial charge in [0.15, 0.2) is 0 Å². The highest BCUT2D eigenvalue weighted by Gasteiger charge is 2.67. The van der Waals surface area contributed by atoms with Gasteiger partial charge in [-0.25, -0.2) is 0 Å². The minimum Gasteiger partial charge on any atom is -0.0715 e. The van der Waals surface area contributed by atoms with E-state index >= 15 is 0 Å². The van der Waals surface area contributed by atoms with Crippen LogP contribution in [0.4, 0.5) is 0 Å². The molecule has 0 spiro atoms. The summed E-state index contributed by atoms with van der Waals surface area (Å²) in [5.41, 5.74) is 0. The van der Waals surface area contributed by atoms with Crippen LogP contribution in [0.25, 0.3) is 0 Å². The predicted molar refractivity (Wildman–Crippen MR) is 161 cm³/mol. The number of hydrogen-bond donors (Lipinski definition) is 0. The van der Waals surface area contributed by atoms with Gasteiger partial charge in [0.05, 0.1) is 0 Å². The quantitative estimate of drug-likeness (QED) is 0.143. The Morgan fingerprint density at radius 3 is 1.03 bits per heavy atom. The average Bonchev–Trinajstić information content (AvgIpc) is 2.78. The van der Waals surface area contributed by atoms with Gasteiger partial charge in [-0.1, -0.05) is 179 Å². The number of rotatable bonds is 16. The van der Waals surface area contributed by atoms with E-state index in [1.807, 2.05) is 24.2 Å². The molecule has 0 aromatic heterocycles. The fraction of sp³-hybridized carbons (Fsp3) is 1.00. The molecule has 0 aromatic carbocycles. The molecular weight excluding hydrogens is 449 g/mol. The summed E-state index contributed by atoms with van der Waals surface area (Å²) in [5, 5.41) is 0. The summed E-state index contributed by atoms with van der Waals surface area (Å²) >= 11 is 0. The lowest BCUT2D eigenvalue weighted by molar-refractivity contribution is 0.622. The van der Waals surface area contributed by atoms with Crippen molar-refractivity contribution < 1.29 is 0 Å². The zero-order valence-corrected chi connectivity index (χ0v) is 27.6. The van der Waals surface area contributed by atoms with Crippen LogP contribution in [-0.2, 0) is 0 Å². The van der Waals surface area contributed by atoms with Crippen LogP contribution in [0.1, 0.15) is 117 Å². The topological polar surface area (TPSA) is 0 Å². The third kappa shape index (κ3) is 6.75. The Kier molecular flexibility index (Phi) is 12.6. The van der Waals surface area contributed by atoms with Crippen LogP contribution in [0.2, 0.25) is 62.5 Å². The summed E-state index contributed by atoms with van der Waals surface area (Å²) in [5.74, 6) is 0. The second-order valence-corrected chi connectivity index (χ2v) is 50.9. The van der Waals surface area contributed by atoms with E-state index in [2.05, 4.69) is 40.0 Å². The van der Waals surface area contributed by atoms with E-state index in [0.29, 0.717) is 0 Å². The van der Waals surface area contributed by atoms with E-state index in [1.165, 1.54) is 51.4 Å². The Labute approximate surface area is 207 Å². The maximum Gasteiger partial charge on any atom is 0.0402 e. The van der Waals surface area contributed by atoms with Crippen molar-refractivity contribution in [2.45, 2.75) is 179 Å². The lowest BCUT2D eigenvalue weighted by atomic mass is 10.1. The molecule has 2 aliphatic rings. The van der Waals surface area contributed by atoms with Crippen molar-refractivity contribution in [2.75, 3.05) is 0 Å². The van der Waals surface area contributed by atoms with Crippen LogP contribution >= 0.6 is 0 Å². The average molecular weight is 511 g/mol. The molecular formula is C28H62Si4. The highest BCUT2D eigenvalue weighted by atomic mass is 29.8. The van der Waals surface area contributed by atoms with Gasteiger partial charge in [0.25, 0.3) is 0 Å². The van der Waals surface area contributed by atoms with E-state index < -0.39 is 29.4 Å². The van der Waals surface area contributed by atoms with Crippen LogP contribution in [0.3, 0.4) is 0 Å². The van der Waals surface area contributed by atoms with Crippen LogP contribution in [0, 0.1) is 0 Å². The molecule has 2 heterocycles. The Morgan fingerprint density at radius 2 is 0.719 bits per heavy atom. The van der Waals surface area contributed by atoms with Crippen LogP contribution < -0.4 is 0 Å². The van der Waals surface area contributed by atoms with Gasteiger partial charge < -0.3 is 0 Å². The van der Waals surface area contributed by atoms with Crippen molar-refractivity contribution >= 4 is 29.4 Å². The predicted octanol–water partition coefficient (Wildman–Crippen LogP) is 10.8. The molecule has 0 N–H and O–H groups in total. The first kappa shape index (κ1) is 29.1. The molecule has 0 bridgehead atoms. The molecule has 0 atom stereocenters. The van der Waals surface area contributed by atoms with E-state index in [9.17, 15) is 0 Å². The van der Waals surface area contributed by atoms with Crippen LogP contribution in [-0.4, -0.2) is 29.4 Å². The molecule has 4 heteroatoms. The first-order valence-electron chi connectivity index (χ1n) is 15.3. The fourth-order valence-corrected chi connectivity index (χ4v) is 101. The molecule has 190 valence electrons. The van der Waals surface area contributed by atoms with Crippen LogP contribution in [0.5, 0.6) is 0 Å². The van der Waals surface area contributed by atoms with Gasteiger partial charge in [-0.15, -0.1) is 0 Å². The summed E-state index contributed by atoms with van der Waals surface area (Å²) < 4.78 is 0. The van der Waals surface area contributed by atoms with Crippen molar-refractivity contribution in [1.82, 2.24) is 0 Å². The summed E-state index contributed by atoms with van der Waals surface area (Å²) in [6.07, 6.45) is 24.6. The van der Waals surface area contributed by atoms with Gasteiger partial charge in [0, 0.05) is 29.4 Å². The number of fused-ring (bicyclic) bond motifs is 1. The normalized spacial score (nSPS) is 26.8. The smallest absolute Gasteiger partial charge is 0.0402 e. The highest BCUT2D eigenvalue weighted by molar-refractivity contribution is 7.84. The van der Waals surface area contributed by atoms with Crippen molar-refractivity contribution in [3.63, 3.8) is 0 Å². The largest absolute Gasteiger partial charge is 0.0715 e. The molecule has 0 aliphatic carbocycles. The molecule has 2 fully saturated rings. The molecule has 0 amide bonds. The van der Waals surface area contributed by atoms with Gasteiger partial charge in [0.1, 0.15) is 0 Å². The summed E-state index contributed by atoms with van der Waals surface area (Å²) in [7, 11) is -4.19. The SMILES string of the molecule is CCCCCCCC[Si](C)(C)[Si]12CCCC[Si]1([Si](C)(C)CCCCCCCC)CCCC2. The molecule has 0 aromatic rings. The van der Waals surface area contributed by atoms with Gasteiger partial charge in [-0.2, -0.15) is 0 Å². The minimum atomic E-state index is -1.07. The second-order valence-electron chi connectivity index (χ2n) is 13.4. The molecule has 2 rings (SSSR count). The zero-order valence-electron chi connectivity index (χ0n) is 23.6. The van der Waals surface area contributed by atoms with E-state index in [4.69, 9.17) is 0 Å². The fourth-order valence-electron chi connectivity index (χ4n) is 8.74. The van der Waals surface area contributed by atoms with Crippen molar-refractivity contribution in [2.24, 2.45) is 0 Å². The van der Waals surface area contributed by atoms with Gasteiger partial charge in [-0.3, -0.25) is 0 Å². The first-order valence-corrected chi connectivity index (χ1v) is 29.5. The standard InChI is InChI=1S/C28H62Si4/c1-7-9-11-13-15-17-23-29(3,4)31-25-19-21-27-32(31,28-22-20-26-31)30(5,6)24-18-16-14-12-10-8-2/h7-28H2,1-6H3. The van der Waals surface area contributed by atoms with Gasteiger partial charge in [-0.05, 0) is 0 Å². The number of unbranched alkanes of at least 4 members (excludes halogenated alkanes) is 10. The maximum atomic E-state index is 2.97. The molecule has 0 saturated carbocycles. The molecule has 32 heavy (non-hydrogen) atoms. The Balaban J connectivity index is 2.12. The van der Waals surface area contributed by atoms with Crippen LogP contribution in [0.15, 0.2) is 0 Å². The first-order chi connectivity index (χ1) is 15.3. The lowest BCUT2D eigenvalue weighted by Crippen LogP contribution is -2.85. The summed E-state index contributed by atoms with van der Waals surface area (Å²) in [6.45, 7) is 16.6. The minimum absolute atomic E-state index is 1.03. The molecule has 2 saturated heterocycles. The molecule has 0 unspecified atom stereocenters. The Morgan fingerprint density at radius 1 is 0.438 bits per heavy atom. The molecule has 0 radical (unpaired) electrons. The lowest BCUT2D eigenvalue weighted by Gasteiger charge is -2.66. The summed E-state index contributed by atoms with van der Waals surface area (Å²) in [4.78, 5) is 0. The third-order valence-corrected chi connectivity index (χ3v) is 77.4.